The van der Waals surface area contributed by atoms with E-state index in [1.54, 1.807) is 7.11 Å². The monoisotopic (exact) mass is 334 g/mol. The van der Waals surface area contributed by atoms with Crippen molar-refractivity contribution in [1.82, 2.24) is 10.2 Å². The van der Waals surface area contributed by atoms with Crippen LogP contribution in [0.4, 0.5) is 0 Å². The highest BCUT2D eigenvalue weighted by molar-refractivity contribution is 5.96. The first-order valence-electron chi connectivity index (χ1n) is 8.79. The van der Waals surface area contributed by atoms with Crippen molar-refractivity contribution in [3.63, 3.8) is 0 Å². The summed E-state index contributed by atoms with van der Waals surface area (Å²) in [5.41, 5.74) is 2.76. The van der Waals surface area contributed by atoms with E-state index in [9.17, 15) is 4.79 Å². The number of nitrogens with one attached hydrogen (secondary N) is 1. The van der Waals surface area contributed by atoms with Gasteiger partial charge in [0.15, 0.2) is 0 Å². The van der Waals surface area contributed by atoms with Crippen molar-refractivity contribution in [3.8, 4) is 5.75 Å². The third kappa shape index (κ3) is 4.95. The maximum atomic E-state index is 12.5. The van der Waals surface area contributed by atoms with Gasteiger partial charge in [-0.25, -0.2) is 0 Å². The Morgan fingerprint density at radius 3 is 2.67 bits per heavy atom. The van der Waals surface area contributed by atoms with Gasteiger partial charge in [-0.1, -0.05) is 13.8 Å². The molecule has 1 fully saturated rings. The molecular formula is C19H30N2O3. The maximum absolute atomic E-state index is 12.5. The lowest BCUT2D eigenvalue weighted by molar-refractivity contribution is 0.0374. The third-order valence-electron chi connectivity index (χ3n) is 4.48. The molecule has 0 radical (unpaired) electrons. The van der Waals surface area contributed by atoms with Crippen LogP contribution in [-0.2, 0) is 4.74 Å². The summed E-state index contributed by atoms with van der Waals surface area (Å²) < 4.78 is 10.8. The van der Waals surface area contributed by atoms with E-state index in [0.29, 0.717) is 12.5 Å². The first kappa shape index (κ1) is 18.7. The molecule has 0 aliphatic carbocycles. The maximum Gasteiger partial charge on any atom is 0.251 e. The number of hydrogen-bond donors (Lipinski definition) is 1. The van der Waals surface area contributed by atoms with Crippen LogP contribution < -0.4 is 10.1 Å². The Bertz CT molecular complexity index is 552. The van der Waals surface area contributed by atoms with Crippen LogP contribution >= 0.6 is 0 Å². The summed E-state index contributed by atoms with van der Waals surface area (Å²) in [6.45, 7) is 11.5. The Morgan fingerprint density at radius 1 is 1.33 bits per heavy atom. The van der Waals surface area contributed by atoms with E-state index < -0.39 is 0 Å². The quantitative estimate of drug-likeness (QED) is 0.779. The molecule has 0 aromatic heterocycles. The van der Waals surface area contributed by atoms with Crippen LogP contribution in [0.3, 0.4) is 0 Å². The Labute approximate surface area is 145 Å². The largest absolute Gasteiger partial charge is 0.496 e. The van der Waals surface area contributed by atoms with Gasteiger partial charge in [-0.2, -0.15) is 0 Å². The summed E-state index contributed by atoms with van der Waals surface area (Å²) in [5, 5.41) is 3.05. The lowest BCUT2D eigenvalue weighted by Gasteiger charge is -2.26. The molecule has 5 nitrogen and oxygen atoms in total. The fourth-order valence-electron chi connectivity index (χ4n) is 3.00. The van der Waals surface area contributed by atoms with Crippen LogP contribution in [0, 0.1) is 6.92 Å². The smallest absolute Gasteiger partial charge is 0.251 e. The lowest BCUT2D eigenvalue weighted by Crippen LogP contribution is -2.38. The number of methoxy groups -OCH3 is 1. The standard InChI is InChI=1S/C19H30N2O3/c1-14(2)16-13-17(15(3)12-18(16)23-4)19(22)20-6-5-7-21-8-10-24-11-9-21/h12-14H,5-11H2,1-4H3,(H,20,22). The summed E-state index contributed by atoms with van der Waals surface area (Å²) in [7, 11) is 1.67. The molecule has 2 rings (SSSR count). The Kier molecular flexibility index (Phi) is 7.06. The predicted octanol–water partition coefficient (Wildman–Crippen LogP) is 2.58. The zero-order valence-corrected chi connectivity index (χ0v) is 15.4. The Balaban J connectivity index is 1.90. The van der Waals surface area contributed by atoms with Crippen molar-refractivity contribution < 1.29 is 14.3 Å². The fraction of sp³-hybridized carbons (Fsp3) is 0.632. The van der Waals surface area contributed by atoms with E-state index in [-0.39, 0.29) is 5.91 Å². The minimum Gasteiger partial charge on any atom is -0.496 e. The zero-order valence-electron chi connectivity index (χ0n) is 15.4. The van der Waals surface area contributed by atoms with Crippen LogP contribution in [0.15, 0.2) is 12.1 Å². The second-order valence-electron chi connectivity index (χ2n) is 6.63. The number of hydrogen-bond acceptors (Lipinski definition) is 4. The molecule has 5 heteroatoms. The average Bonchev–Trinajstić information content (AvgIpc) is 2.58. The second-order valence-corrected chi connectivity index (χ2v) is 6.63. The molecule has 0 saturated carbocycles. The van der Waals surface area contributed by atoms with Crippen molar-refractivity contribution in [1.29, 1.82) is 0 Å². The number of nitrogens with zero attached hydrogens (tertiary/aromatic N) is 1. The summed E-state index contributed by atoms with van der Waals surface area (Å²) >= 11 is 0. The molecule has 1 amide bonds. The van der Waals surface area contributed by atoms with Gasteiger partial charge in [-0.3, -0.25) is 9.69 Å². The van der Waals surface area contributed by atoms with Crippen LogP contribution in [0.2, 0.25) is 0 Å². The van der Waals surface area contributed by atoms with Gasteiger partial charge in [0, 0.05) is 25.2 Å². The molecule has 1 aromatic carbocycles. The SMILES string of the molecule is COc1cc(C)c(C(=O)NCCCN2CCOCC2)cc1C(C)C. The van der Waals surface area contributed by atoms with Crippen molar-refractivity contribution in [2.45, 2.75) is 33.1 Å². The lowest BCUT2D eigenvalue weighted by atomic mass is 9.96. The molecule has 134 valence electrons. The highest BCUT2D eigenvalue weighted by atomic mass is 16.5. The number of carbonyl (C=O) groups excluding carboxylic acids is 1. The van der Waals surface area contributed by atoms with Crippen LogP contribution in [0.5, 0.6) is 5.75 Å². The second kappa shape index (κ2) is 9.04. The molecule has 1 heterocycles. The van der Waals surface area contributed by atoms with Crippen LogP contribution in [0.1, 0.15) is 47.7 Å². The minimum atomic E-state index is -0.000898. The third-order valence-corrected chi connectivity index (χ3v) is 4.48. The van der Waals surface area contributed by atoms with Crippen molar-refractivity contribution in [2.24, 2.45) is 0 Å². The molecule has 1 N–H and O–H groups in total. The molecule has 0 bridgehead atoms. The van der Waals surface area contributed by atoms with Crippen LogP contribution in [-0.4, -0.2) is 57.3 Å². The number of benzene rings is 1. The molecule has 1 aliphatic rings. The predicted molar refractivity (Wildman–Crippen MR) is 96.0 cm³/mol. The summed E-state index contributed by atoms with van der Waals surface area (Å²) in [4.78, 5) is 14.9. The van der Waals surface area contributed by atoms with E-state index in [1.807, 2.05) is 19.1 Å². The van der Waals surface area contributed by atoms with Crippen molar-refractivity contribution in [3.05, 3.63) is 28.8 Å². The number of amides is 1. The summed E-state index contributed by atoms with van der Waals surface area (Å²) in [6.07, 6.45) is 0.956. The minimum absolute atomic E-state index is 0.000898. The zero-order chi connectivity index (χ0) is 17.5. The number of rotatable bonds is 7. The van der Waals surface area contributed by atoms with E-state index in [2.05, 4.69) is 24.1 Å². The fourth-order valence-corrected chi connectivity index (χ4v) is 3.00. The van der Waals surface area contributed by atoms with E-state index in [4.69, 9.17) is 9.47 Å². The van der Waals surface area contributed by atoms with Crippen LogP contribution in [0.25, 0.3) is 0 Å². The molecule has 0 unspecified atom stereocenters. The molecular weight excluding hydrogens is 304 g/mol. The molecule has 1 saturated heterocycles. The normalized spacial score (nSPS) is 15.5. The van der Waals surface area contributed by atoms with Gasteiger partial charge < -0.3 is 14.8 Å². The number of ether oxygens (including phenoxy) is 2. The molecule has 1 aliphatic heterocycles. The summed E-state index contributed by atoms with van der Waals surface area (Å²) in [5.74, 6) is 1.17. The van der Waals surface area contributed by atoms with Gasteiger partial charge in [-0.05, 0) is 49.1 Å². The highest BCUT2D eigenvalue weighted by Gasteiger charge is 2.16. The van der Waals surface area contributed by atoms with Gasteiger partial charge in [-0.15, -0.1) is 0 Å². The highest BCUT2D eigenvalue weighted by Crippen LogP contribution is 2.29. The van der Waals surface area contributed by atoms with Gasteiger partial charge in [0.1, 0.15) is 5.75 Å². The Hall–Kier alpha value is -1.59. The van der Waals surface area contributed by atoms with Gasteiger partial charge >= 0.3 is 0 Å². The molecule has 1 aromatic rings. The van der Waals surface area contributed by atoms with Gasteiger partial charge in [0.2, 0.25) is 0 Å². The van der Waals surface area contributed by atoms with Gasteiger partial charge in [0.25, 0.3) is 5.91 Å². The molecule has 24 heavy (non-hydrogen) atoms. The number of carbonyl (C=O) groups is 1. The van der Waals surface area contributed by atoms with Crippen molar-refractivity contribution in [2.75, 3.05) is 46.5 Å². The molecule has 0 spiro atoms. The first-order valence-corrected chi connectivity index (χ1v) is 8.79. The number of aryl methyl sites for hydroxylation is 1. The van der Waals surface area contributed by atoms with Crippen molar-refractivity contribution >= 4 is 5.91 Å². The van der Waals surface area contributed by atoms with Gasteiger partial charge in [0.05, 0.1) is 20.3 Å². The summed E-state index contributed by atoms with van der Waals surface area (Å²) in [6, 6.07) is 3.92. The Morgan fingerprint density at radius 2 is 2.04 bits per heavy atom. The average molecular weight is 334 g/mol. The van der Waals surface area contributed by atoms with E-state index >= 15 is 0 Å². The van der Waals surface area contributed by atoms with E-state index in [0.717, 1.165) is 61.7 Å². The first-order chi connectivity index (χ1) is 11.5. The molecule has 0 atom stereocenters. The number of morpholine rings is 1. The topological polar surface area (TPSA) is 50.8 Å². The van der Waals surface area contributed by atoms with E-state index in [1.165, 1.54) is 0 Å².